The van der Waals surface area contributed by atoms with Gasteiger partial charge in [-0.3, -0.25) is 4.79 Å². The molecule has 1 aliphatic rings. The summed E-state index contributed by atoms with van der Waals surface area (Å²) in [6.45, 7) is 4.25. The Labute approximate surface area is 189 Å². The first-order valence-corrected chi connectivity index (χ1v) is 11.2. The van der Waals surface area contributed by atoms with Crippen LogP contribution in [0, 0.1) is 0 Å². The zero-order valence-corrected chi connectivity index (χ0v) is 18.7. The van der Waals surface area contributed by atoms with Crippen LogP contribution in [0.15, 0.2) is 65.0 Å². The maximum absolute atomic E-state index is 12.3. The molecule has 3 N–H and O–H groups in total. The number of hydrogen-bond donors (Lipinski definition) is 2. The normalized spacial score (nSPS) is 15.4. The molecule has 1 aliphatic heterocycles. The number of benzene rings is 2. The SMILES string of the molecule is CCSc1nc2n(n1)C(c1cccc(OCc3ccc(Cl)cc3)c1)C(C(N)=O)=C(C)N2. The molecule has 160 valence electrons. The third-order valence-electron chi connectivity index (χ3n) is 4.86. The number of nitrogens with two attached hydrogens (primary N) is 1. The van der Waals surface area contributed by atoms with E-state index in [0.29, 0.717) is 39.8 Å². The van der Waals surface area contributed by atoms with Crippen LogP contribution in [0.25, 0.3) is 0 Å². The molecule has 4 rings (SSSR count). The molecule has 7 nitrogen and oxygen atoms in total. The van der Waals surface area contributed by atoms with Gasteiger partial charge in [-0.25, -0.2) is 4.68 Å². The summed E-state index contributed by atoms with van der Waals surface area (Å²) in [6, 6.07) is 14.6. The number of aromatic nitrogens is 3. The van der Waals surface area contributed by atoms with Gasteiger partial charge >= 0.3 is 0 Å². The quantitative estimate of drug-likeness (QED) is 0.513. The summed E-state index contributed by atoms with van der Waals surface area (Å²) in [7, 11) is 0. The first-order chi connectivity index (χ1) is 15.0. The first-order valence-electron chi connectivity index (χ1n) is 9.80. The van der Waals surface area contributed by atoms with Crippen molar-refractivity contribution in [2.75, 3.05) is 11.1 Å². The fourth-order valence-corrected chi connectivity index (χ4v) is 4.15. The Balaban J connectivity index is 1.67. The van der Waals surface area contributed by atoms with Crippen LogP contribution in [0.3, 0.4) is 0 Å². The van der Waals surface area contributed by atoms with Crippen LogP contribution < -0.4 is 15.8 Å². The number of primary amides is 1. The van der Waals surface area contributed by atoms with E-state index in [1.807, 2.05) is 62.4 Å². The van der Waals surface area contributed by atoms with Crippen molar-refractivity contribution in [2.45, 2.75) is 31.7 Å². The van der Waals surface area contributed by atoms with Gasteiger partial charge in [0.15, 0.2) is 0 Å². The molecular formula is C22H22ClN5O2S. The van der Waals surface area contributed by atoms with Gasteiger partial charge in [-0.15, -0.1) is 5.10 Å². The standard InChI is InChI=1S/C22H22ClN5O2S/c1-3-31-22-26-21-25-13(2)18(20(24)29)19(28(21)27-22)15-5-4-6-17(11-15)30-12-14-7-9-16(23)10-8-14/h4-11,19H,3,12H2,1-2H3,(H2,24,29)(H,25,26,27). The molecule has 1 amide bonds. The van der Waals surface area contributed by atoms with E-state index in [-0.39, 0.29) is 0 Å². The summed E-state index contributed by atoms with van der Waals surface area (Å²) in [5.41, 5.74) is 8.70. The van der Waals surface area contributed by atoms with Gasteiger partial charge in [-0.1, -0.05) is 54.6 Å². The van der Waals surface area contributed by atoms with Crippen LogP contribution in [-0.2, 0) is 11.4 Å². The Morgan fingerprint density at radius 3 is 2.77 bits per heavy atom. The molecule has 0 saturated carbocycles. The maximum atomic E-state index is 12.3. The number of thioether (sulfide) groups is 1. The Kier molecular flexibility index (Phi) is 6.20. The summed E-state index contributed by atoms with van der Waals surface area (Å²) >= 11 is 7.48. The molecule has 0 radical (unpaired) electrons. The average molecular weight is 456 g/mol. The van der Waals surface area contributed by atoms with E-state index in [1.54, 1.807) is 4.68 Å². The lowest BCUT2D eigenvalue weighted by molar-refractivity contribution is -0.115. The molecular weight excluding hydrogens is 434 g/mol. The second kappa shape index (κ2) is 9.03. The number of fused-ring (bicyclic) bond motifs is 1. The van der Waals surface area contributed by atoms with Crippen molar-refractivity contribution in [1.82, 2.24) is 14.8 Å². The van der Waals surface area contributed by atoms with Gasteiger partial charge in [0, 0.05) is 10.7 Å². The van der Waals surface area contributed by atoms with Crippen LogP contribution in [-0.4, -0.2) is 26.4 Å². The van der Waals surface area contributed by atoms with Crippen molar-refractivity contribution >= 4 is 35.2 Å². The van der Waals surface area contributed by atoms with E-state index >= 15 is 0 Å². The van der Waals surface area contributed by atoms with E-state index in [2.05, 4.69) is 15.4 Å². The van der Waals surface area contributed by atoms with Gasteiger partial charge < -0.3 is 15.8 Å². The molecule has 0 fully saturated rings. The van der Waals surface area contributed by atoms with Crippen molar-refractivity contribution in [2.24, 2.45) is 5.73 Å². The summed E-state index contributed by atoms with van der Waals surface area (Å²) < 4.78 is 7.69. The molecule has 0 aliphatic carbocycles. The van der Waals surface area contributed by atoms with E-state index in [4.69, 9.17) is 22.1 Å². The predicted octanol–water partition coefficient (Wildman–Crippen LogP) is 4.40. The zero-order valence-electron chi connectivity index (χ0n) is 17.1. The molecule has 2 heterocycles. The zero-order chi connectivity index (χ0) is 22.0. The number of allylic oxidation sites excluding steroid dienone is 1. The van der Waals surface area contributed by atoms with Crippen LogP contribution >= 0.6 is 23.4 Å². The number of carbonyl (C=O) groups excluding carboxylic acids is 1. The number of anilines is 1. The minimum atomic E-state index is -0.506. The van der Waals surface area contributed by atoms with Crippen molar-refractivity contribution < 1.29 is 9.53 Å². The van der Waals surface area contributed by atoms with Gasteiger partial charge in [-0.05, 0) is 48.1 Å². The highest BCUT2D eigenvalue weighted by Gasteiger charge is 2.33. The van der Waals surface area contributed by atoms with Crippen molar-refractivity contribution in [3.05, 3.63) is 76.0 Å². The van der Waals surface area contributed by atoms with E-state index < -0.39 is 11.9 Å². The van der Waals surface area contributed by atoms with Gasteiger partial charge in [0.05, 0.1) is 5.57 Å². The topological polar surface area (TPSA) is 95.1 Å². The second-order valence-corrected chi connectivity index (χ2v) is 8.68. The molecule has 0 spiro atoms. The lowest BCUT2D eigenvalue weighted by Gasteiger charge is -2.27. The van der Waals surface area contributed by atoms with Gasteiger partial charge in [-0.2, -0.15) is 4.98 Å². The maximum Gasteiger partial charge on any atom is 0.248 e. The molecule has 1 atom stereocenters. The first kappa shape index (κ1) is 21.3. The number of rotatable bonds is 7. The molecule has 9 heteroatoms. The number of halogens is 1. The minimum absolute atomic E-state index is 0.399. The largest absolute Gasteiger partial charge is 0.489 e. The number of hydrogen-bond acceptors (Lipinski definition) is 6. The summed E-state index contributed by atoms with van der Waals surface area (Å²) in [6.07, 6.45) is 0. The Morgan fingerprint density at radius 1 is 1.29 bits per heavy atom. The van der Waals surface area contributed by atoms with Gasteiger partial charge in [0.2, 0.25) is 17.0 Å². The van der Waals surface area contributed by atoms with Crippen molar-refractivity contribution in [1.29, 1.82) is 0 Å². The van der Waals surface area contributed by atoms with Crippen molar-refractivity contribution in [3.8, 4) is 5.75 Å². The fourth-order valence-electron chi connectivity index (χ4n) is 3.47. The Hall–Kier alpha value is -2.97. The monoisotopic (exact) mass is 455 g/mol. The van der Waals surface area contributed by atoms with Crippen LogP contribution in [0.5, 0.6) is 5.75 Å². The molecule has 2 aromatic carbocycles. The number of nitrogens with one attached hydrogen (secondary N) is 1. The highest BCUT2D eigenvalue weighted by Crippen LogP contribution is 2.37. The average Bonchev–Trinajstić information content (AvgIpc) is 3.14. The number of nitrogens with zero attached hydrogens (tertiary/aromatic N) is 3. The molecule has 31 heavy (non-hydrogen) atoms. The Bertz CT molecular complexity index is 1140. The highest BCUT2D eigenvalue weighted by molar-refractivity contribution is 7.99. The van der Waals surface area contributed by atoms with Gasteiger partial charge in [0.25, 0.3) is 0 Å². The van der Waals surface area contributed by atoms with E-state index in [1.165, 1.54) is 11.8 Å². The third kappa shape index (κ3) is 4.55. The summed E-state index contributed by atoms with van der Waals surface area (Å²) in [4.78, 5) is 16.9. The lowest BCUT2D eigenvalue weighted by Crippen LogP contribution is -2.31. The minimum Gasteiger partial charge on any atom is -0.489 e. The van der Waals surface area contributed by atoms with Gasteiger partial charge in [0.1, 0.15) is 18.4 Å². The second-order valence-electron chi connectivity index (χ2n) is 7.01. The highest BCUT2D eigenvalue weighted by atomic mass is 35.5. The van der Waals surface area contributed by atoms with Crippen LogP contribution in [0.4, 0.5) is 5.95 Å². The smallest absolute Gasteiger partial charge is 0.248 e. The fraction of sp³-hybridized carbons (Fsp3) is 0.227. The molecule has 0 saturated heterocycles. The molecule has 3 aromatic rings. The number of ether oxygens (including phenoxy) is 1. The van der Waals surface area contributed by atoms with E-state index in [0.717, 1.165) is 16.9 Å². The lowest BCUT2D eigenvalue weighted by atomic mass is 9.95. The molecule has 1 aromatic heterocycles. The van der Waals surface area contributed by atoms with Crippen molar-refractivity contribution in [3.63, 3.8) is 0 Å². The molecule has 1 unspecified atom stereocenters. The Morgan fingerprint density at radius 2 is 2.06 bits per heavy atom. The van der Waals surface area contributed by atoms with Crippen LogP contribution in [0.2, 0.25) is 5.02 Å². The third-order valence-corrected chi connectivity index (χ3v) is 5.84. The number of carbonyl (C=O) groups is 1. The molecule has 0 bridgehead atoms. The number of amides is 1. The van der Waals surface area contributed by atoms with Crippen LogP contribution in [0.1, 0.15) is 31.0 Å². The predicted molar refractivity (Wildman–Crippen MR) is 122 cm³/mol. The summed E-state index contributed by atoms with van der Waals surface area (Å²) in [5.74, 6) is 1.60. The van der Waals surface area contributed by atoms with E-state index in [9.17, 15) is 4.79 Å². The summed E-state index contributed by atoms with van der Waals surface area (Å²) in [5, 5.41) is 9.08.